The molecule has 2 N–H and O–H groups in total. The molecule has 0 radical (unpaired) electrons. The Morgan fingerprint density at radius 1 is 0.362 bits per heavy atom. The fourth-order valence-electron chi connectivity index (χ4n) is 10.7. The predicted octanol–water partition coefficient (Wildman–Crippen LogP) is 15.9. The Hall–Kier alpha value is -9.05. The molecule has 3 nitrogen and oxygen atoms in total. The number of hydrogen-bond acceptors (Lipinski definition) is 3. The van der Waals surface area contributed by atoms with Crippen molar-refractivity contribution in [2.45, 2.75) is 5.41 Å². The van der Waals surface area contributed by atoms with Gasteiger partial charge in [0.25, 0.3) is 0 Å². The molecule has 10 aromatic carbocycles. The highest BCUT2D eigenvalue weighted by Crippen LogP contribution is 2.58. The van der Waals surface area contributed by atoms with Crippen molar-refractivity contribution in [1.82, 2.24) is 5.32 Å². The molecule has 326 valence electrons. The average Bonchev–Trinajstić information content (AvgIpc) is 3.73. The van der Waals surface area contributed by atoms with Gasteiger partial charge in [-0.1, -0.05) is 249 Å². The average molecular weight is 882 g/mol. The van der Waals surface area contributed by atoms with E-state index in [2.05, 4.69) is 247 Å². The van der Waals surface area contributed by atoms with Gasteiger partial charge in [-0.3, -0.25) is 5.41 Å². The fraction of sp³-hybridized carbons (Fsp3) is 0.0152. The molecule has 0 saturated heterocycles. The maximum absolute atomic E-state index is 9.96. The van der Waals surface area contributed by atoms with Crippen LogP contribution in [0.5, 0.6) is 0 Å². The van der Waals surface area contributed by atoms with Crippen LogP contribution in [0.2, 0.25) is 0 Å². The summed E-state index contributed by atoms with van der Waals surface area (Å²) in [5.74, 6) is 0. The lowest BCUT2D eigenvalue weighted by atomic mass is 9.67. The maximum Gasteiger partial charge on any atom is 0.0782 e. The summed E-state index contributed by atoms with van der Waals surface area (Å²) in [7, 11) is 0. The van der Waals surface area contributed by atoms with Gasteiger partial charge in [-0.2, -0.15) is 0 Å². The van der Waals surface area contributed by atoms with E-state index in [4.69, 9.17) is 0 Å². The van der Waals surface area contributed by atoms with Gasteiger partial charge in [0, 0.05) is 39.2 Å². The van der Waals surface area contributed by atoms with Gasteiger partial charge in [-0.25, -0.2) is 0 Å². The monoisotopic (exact) mass is 881 g/mol. The molecular formula is C66H47N3. The molecule has 69 heavy (non-hydrogen) atoms. The third-order valence-electron chi connectivity index (χ3n) is 13.8. The first-order valence-corrected chi connectivity index (χ1v) is 23.6. The molecule has 0 bridgehead atoms. The summed E-state index contributed by atoms with van der Waals surface area (Å²) in [6.45, 7) is 0. The quantitative estimate of drug-likeness (QED) is 0.134. The van der Waals surface area contributed by atoms with E-state index < -0.39 is 5.41 Å². The van der Waals surface area contributed by atoms with Gasteiger partial charge in [0.05, 0.1) is 28.2 Å². The molecule has 0 amide bonds. The number of nitrogens with one attached hydrogen (secondary N) is 2. The highest BCUT2D eigenvalue weighted by atomic mass is 15.2. The van der Waals surface area contributed by atoms with E-state index >= 15 is 0 Å². The SMILES string of the molecule is N=C(/C(=C1\NC(c2ccccc2)=C(N(c2cccc(-c3ccccc3)c2)c2ccc3c(c2)C(c2ccccc2)(c2ccccc2)c2ccccc2-3)c2ccccc21)c1ccccc1)c1ccccc1. The molecular weight excluding hydrogens is 835 g/mol. The summed E-state index contributed by atoms with van der Waals surface area (Å²) in [6, 6.07) is 97.5. The van der Waals surface area contributed by atoms with E-state index in [0.717, 1.165) is 73.0 Å². The Kier molecular flexibility index (Phi) is 10.6. The normalized spacial score (nSPS) is 13.9. The van der Waals surface area contributed by atoms with Gasteiger partial charge < -0.3 is 10.2 Å². The topological polar surface area (TPSA) is 39.1 Å². The van der Waals surface area contributed by atoms with Crippen LogP contribution in [0.1, 0.15) is 50.1 Å². The molecule has 0 spiro atoms. The van der Waals surface area contributed by atoms with Crippen LogP contribution in [-0.2, 0) is 5.41 Å². The zero-order valence-electron chi connectivity index (χ0n) is 37.9. The van der Waals surface area contributed by atoms with Gasteiger partial charge in [0.1, 0.15) is 0 Å². The Morgan fingerprint density at radius 3 is 1.48 bits per heavy atom. The van der Waals surface area contributed by atoms with Gasteiger partial charge in [-0.05, 0) is 74.3 Å². The number of hydrogen-bond donors (Lipinski definition) is 2. The largest absolute Gasteiger partial charge is 0.352 e. The lowest BCUT2D eigenvalue weighted by Gasteiger charge is -2.38. The zero-order chi connectivity index (χ0) is 46.2. The van der Waals surface area contributed by atoms with Crippen molar-refractivity contribution in [2.24, 2.45) is 0 Å². The van der Waals surface area contributed by atoms with Crippen LogP contribution in [0.3, 0.4) is 0 Å². The molecule has 1 aliphatic heterocycles. The zero-order valence-corrected chi connectivity index (χ0v) is 37.9. The number of rotatable bonds is 10. The maximum atomic E-state index is 9.96. The predicted molar refractivity (Wildman–Crippen MR) is 287 cm³/mol. The van der Waals surface area contributed by atoms with Crippen molar-refractivity contribution >= 4 is 39.8 Å². The highest BCUT2D eigenvalue weighted by Gasteiger charge is 2.46. The van der Waals surface area contributed by atoms with Gasteiger partial charge >= 0.3 is 0 Å². The van der Waals surface area contributed by atoms with Crippen molar-refractivity contribution in [1.29, 1.82) is 5.41 Å². The van der Waals surface area contributed by atoms with E-state index in [1.54, 1.807) is 0 Å². The Morgan fingerprint density at radius 2 is 0.841 bits per heavy atom. The summed E-state index contributed by atoms with van der Waals surface area (Å²) >= 11 is 0. The summed E-state index contributed by atoms with van der Waals surface area (Å²) in [4.78, 5) is 2.46. The molecule has 1 heterocycles. The minimum absolute atomic E-state index is 0.443. The summed E-state index contributed by atoms with van der Waals surface area (Å²) in [5, 5.41) is 14.1. The summed E-state index contributed by atoms with van der Waals surface area (Å²) < 4.78 is 0. The van der Waals surface area contributed by atoms with Crippen LogP contribution >= 0.6 is 0 Å². The lowest BCUT2D eigenvalue weighted by molar-refractivity contribution is 0.768. The number of nitrogens with zero attached hydrogens (tertiary/aromatic N) is 1. The Balaban J connectivity index is 1.18. The van der Waals surface area contributed by atoms with Crippen LogP contribution in [0.25, 0.3) is 44.9 Å². The molecule has 12 rings (SSSR count). The third kappa shape index (κ3) is 7.11. The van der Waals surface area contributed by atoms with Crippen LogP contribution in [0.4, 0.5) is 11.4 Å². The van der Waals surface area contributed by atoms with Crippen LogP contribution in [0, 0.1) is 5.41 Å². The second kappa shape index (κ2) is 17.6. The first-order chi connectivity index (χ1) is 34.2. The first kappa shape index (κ1) is 41.4. The van der Waals surface area contributed by atoms with E-state index in [0.29, 0.717) is 5.71 Å². The molecule has 0 saturated carbocycles. The number of benzene rings is 10. The van der Waals surface area contributed by atoms with Crippen molar-refractivity contribution < 1.29 is 0 Å². The van der Waals surface area contributed by atoms with E-state index in [9.17, 15) is 5.41 Å². The minimum Gasteiger partial charge on any atom is -0.352 e. The standard InChI is InChI=1S/C66H47N3/c67-62(48-28-11-3-12-29-48)61(47-26-9-2-10-27-47)64-57-39-19-20-40-58(57)65(63(68-64)49-30-13-4-14-31-49)69(53-37-23-32-50(44-53)46-24-7-1-8-25-46)54-42-43-56-55-38-21-22-41-59(55)66(60(56)45-54,51-33-15-5-16-34-51)52-35-17-6-18-36-52/h1-45,67-68H/b64-61-,67-62?. The molecule has 0 atom stereocenters. The van der Waals surface area contributed by atoms with Gasteiger partial charge in [0.15, 0.2) is 0 Å². The van der Waals surface area contributed by atoms with Crippen molar-refractivity contribution in [2.75, 3.05) is 4.90 Å². The molecule has 0 aromatic heterocycles. The van der Waals surface area contributed by atoms with Crippen molar-refractivity contribution in [3.63, 3.8) is 0 Å². The van der Waals surface area contributed by atoms with Gasteiger partial charge in [-0.15, -0.1) is 0 Å². The molecule has 10 aromatic rings. The number of allylic oxidation sites excluding steroid dienone is 1. The summed E-state index contributed by atoms with van der Waals surface area (Å²) in [6.07, 6.45) is 0. The van der Waals surface area contributed by atoms with Gasteiger partial charge in [0.2, 0.25) is 0 Å². The second-order valence-corrected chi connectivity index (χ2v) is 17.6. The second-order valence-electron chi connectivity index (χ2n) is 17.6. The smallest absolute Gasteiger partial charge is 0.0782 e. The van der Waals surface area contributed by atoms with E-state index in [1.807, 2.05) is 36.4 Å². The number of fused-ring (bicyclic) bond motifs is 4. The van der Waals surface area contributed by atoms with E-state index in [-0.39, 0.29) is 0 Å². The van der Waals surface area contributed by atoms with Crippen molar-refractivity contribution in [3.05, 3.63) is 323 Å². The third-order valence-corrected chi connectivity index (χ3v) is 13.8. The first-order valence-electron chi connectivity index (χ1n) is 23.6. The molecule has 0 unspecified atom stereocenters. The van der Waals surface area contributed by atoms with Crippen molar-refractivity contribution in [3.8, 4) is 22.3 Å². The van der Waals surface area contributed by atoms with Crippen LogP contribution in [-0.4, -0.2) is 5.71 Å². The lowest BCUT2D eigenvalue weighted by Crippen LogP contribution is -2.30. The van der Waals surface area contributed by atoms with Crippen LogP contribution < -0.4 is 10.2 Å². The summed E-state index contributed by atoms with van der Waals surface area (Å²) in [5.41, 5.74) is 20.1. The number of anilines is 2. The molecule has 0 fully saturated rings. The highest BCUT2D eigenvalue weighted by molar-refractivity contribution is 6.36. The Labute approximate surface area is 404 Å². The molecule has 1 aliphatic carbocycles. The van der Waals surface area contributed by atoms with Crippen LogP contribution in [0.15, 0.2) is 273 Å². The molecule has 2 aliphatic rings. The molecule has 3 heteroatoms. The van der Waals surface area contributed by atoms with E-state index in [1.165, 1.54) is 33.4 Å². The minimum atomic E-state index is -0.598. The Bertz CT molecular complexity index is 3520. The fourth-order valence-corrected chi connectivity index (χ4v) is 10.7.